The maximum atomic E-state index is 12.2. The third kappa shape index (κ3) is 4.10. The topological polar surface area (TPSA) is 43.4 Å². The van der Waals surface area contributed by atoms with E-state index in [1.165, 1.54) is 24.3 Å². The molecule has 0 unspecified atom stereocenters. The van der Waals surface area contributed by atoms with Crippen molar-refractivity contribution >= 4 is 16.8 Å². The molecular formula is C10H11BF3O3S-. The number of hydrogen-bond acceptors (Lipinski definition) is 3. The smallest absolute Gasteiger partial charge is 0.492 e. The van der Waals surface area contributed by atoms with Crippen LogP contribution in [0.25, 0.3) is 0 Å². The van der Waals surface area contributed by atoms with Crippen molar-refractivity contribution in [2.75, 3.05) is 12.9 Å². The van der Waals surface area contributed by atoms with Gasteiger partial charge in [0.1, 0.15) is 5.75 Å². The molecule has 0 amide bonds. The van der Waals surface area contributed by atoms with Crippen molar-refractivity contribution in [2.24, 2.45) is 0 Å². The van der Waals surface area contributed by atoms with Crippen LogP contribution in [-0.2, 0) is 9.84 Å². The van der Waals surface area contributed by atoms with Crippen LogP contribution in [0, 0.1) is 0 Å². The molecule has 0 atom stereocenters. The minimum Gasteiger partial charge on any atom is -0.492 e. The minimum atomic E-state index is -5.14. The van der Waals surface area contributed by atoms with Gasteiger partial charge in [-0.2, -0.15) is 0 Å². The van der Waals surface area contributed by atoms with Gasteiger partial charge in [-0.15, -0.1) is 12.1 Å². The first-order chi connectivity index (χ1) is 8.10. The fourth-order valence-electron chi connectivity index (χ4n) is 1.07. The van der Waals surface area contributed by atoms with E-state index in [0.29, 0.717) is 0 Å². The normalized spacial score (nSPS) is 12.2. The van der Waals surface area contributed by atoms with Crippen LogP contribution in [0.3, 0.4) is 0 Å². The summed E-state index contributed by atoms with van der Waals surface area (Å²) < 4.78 is 63.9. The second-order valence-corrected chi connectivity index (χ2v) is 5.78. The second kappa shape index (κ2) is 5.05. The van der Waals surface area contributed by atoms with E-state index in [1.54, 1.807) is 0 Å². The van der Waals surface area contributed by atoms with Gasteiger partial charge in [0.05, 0.1) is 11.5 Å². The van der Waals surface area contributed by atoms with E-state index >= 15 is 0 Å². The van der Waals surface area contributed by atoms with Crippen LogP contribution < -0.4 is 4.74 Å². The van der Waals surface area contributed by atoms with E-state index in [2.05, 4.69) is 6.58 Å². The lowest BCUT2D eigenvalue weighted by Crippen LogP contribution is -2.23. The molecule has 0 radical (unpaired) electrons. The largest absolute Gasteiger partial charge is 0.508 e. The molecule has 0 aliphatic carbocycles. The maximum absolute atomic E-state index is 12.2. The first-order valence-electron chi connectivity index (χ1n) is 4.91. The van der Waals surface area contributed by atoms with Gasteiger partial charge in [0, 0.05) is 6.26 Å². The van der Waals surface area contributed by atoms with Gasteiger partial charge < -0.3 is 17.7 Å². The standard InChI is InChI=1S/C10H11BF3O3S/c1-8(11(12,13)14)7-17-9-4-3-5-10(6-9)18(2,15)16/h3-6H,1,7H2,2H3/q-1. The Kier molecular flexibility index (Phi) is 4.10. The Morgan fingerprint density at radius 1 is 1.39 bits per heavy atom. The summed E-state index contributed by atoms with van der Waals surface area (Å²) >= 11 is 0. The molecular weight excluding hydrogens is 268 g/mol. The zero-order valence-electron chi connectivity index (χ0n) is 9.57. The number of ether oxygens (including phenoxy) is 1. The molecule has 0 N–H and O–H groups in total. The zero-order chi connectivity index (χ0) is 14.0. The Labute approximate surface area is 103 Å². The molecule has 0 bridgehead atoms. The summed E-state index contributed by atoms with van der Waals surface area (Å²) in [6.45, 7) is -2.98. The minimum absolute atomic E-state index is 0.0110. The van der Waals surface area contributed by atoms with Gasteiger partial charge >= 0.3 is 6.98 Å². The van der Waals surface area contributed by atoms with E-state index in [9.17, 15) is 21.4 Å². The third-order valence-corrected chi connectivity index (χ3v) is 3.23. The molecule has 0 saturated heterocycles. The maximum Gasteiger partial charge on any atom is 0.508 e. The highest BCUT2D eigenvalue weighted by Crippen LogP contribution is 2.21. The molecule has 3 nitrogen and oxygen atoms in total. The predicted octanol–water partition coefficient (Wildman–Crippen LogP) is 2.41. The van der Waals surface area contributed by atoms with Crippen LogP contribution in [0.5, 0.6) is 5.75 Å². The van der Waals surface area contributed by atoms with Crippen molar-refractivity contribution in [3.8, 4) is 5.75 Å². The van der Waals surface area contributed by atoms with Gasteiger partial charge in [-0.25, -0.2) is 8.42 Å². The van der Waals surface area contributed by atoms with Gasteiger partial charge in [-0.05, 0) is 18.2 Å². The Balaban J connectivity index is 2.79. The molecule has 0 aliphatic rings. The SMILES string of the molecule is C=C(COc1cccc(S(C)(=O)=O)c1)[B-](F)(F)F. The van der Waals surface area contributed by atoms with E-state index in [-0.39, 0.29) is 10.6 Å². The molecule has 0 heterocycles. The van der Waals surface area contributed by atoms with Gasteiger partial charge in [0.15, 0.2) is 9.84 Å². The van der Waals surface area contributed by atoms with E-state index in [4.69, 9.17) is 4.74 Å². The molecule has 18 heavy (non-hydrogen) atoms. The van der Waals surface area contributed by atoms with Crippen molar-refractivity contribution in [3.05, 3.63) is 36.3 Å². The predicted molar refractivity (Wildman–Crippen MR) is 63.3 cm³/mol. The summed E-state index contributed by atoms with van der Waals surface area (Å²) in [6, 6.07) is 5.29. The van der Waals surface area contributed by atoms with Crippen molar-refractivity contribution < 1.29 is 26.1 Å². The number of benzene rings is 1. The summed E-state index contributed by atoms with van der Waals surface area (Å²) in [4.78, 5) is -0.0110. The fourth-order valence-corrected chi connectivity index (χ4v) is 1.72. The number of hydrogen-bond donors (Lipinski definition) is 0. The van der Waals surface area contributed by atoms with Crippen molar-refractivity contribution in [3.63, 3.8) is 0 Å². The number of sulfone groups is 1. The lowest BCUT2D eigenvalue weighted by Gasteiger charge is -2.18. The number of halogens is 3. The first-order valence-corrected chi connectivity index (χ1v) is 6.80. The van der Waals surface area contributed by atoms with Crippen molar-refractivity contribution in [1.82, 2.24) is 0 Å². The molecule has 0 aliphatic heterocycles. The fraction of sp³-hybridized carbons (Fsp3) is 0.200. The van der Waals surface area contributed by atoms with Crippen LogP contribution in [0.15, 0.2) is 41.2 Å². The van der Waals surface area contributed by atoms with Crippen LogP contribution in [0.4, 0.5) is 12.9 Å². The van der Waals surface area contributed by atoms with E-state index < -0.39 is 28.9 Å². The van der Waals surface area contributed by atoms with E-state index in [0.717, 1.165) is 6.26 Å². The lowest BCUT2D eigenvalue weighted by atomic mass is 9.81. The monoisotopic (exact) mass is 279 g/mol. The molecule has 100 valence electrons. The average molecular weight is 279 g/mol. The molecule has 0 saturated carbocycles. The molecule has 1 aromatic rings. The second-order valence-electron chi connectivity index (χ2n) is 3.77. The summed E-state index contributed by atoms with van der Waals surface area (Å²) in [7, 11) is -3.41. The Morgan fingerprint density at radius 3 is 2.50 bits per heavy atom. The Morgan fingerprint density at radius 2 is 2.00 bits per heavy atom. The van der Waals surface area contributed by atoms with Gasteiger partial charge in [0.2, 0.25) is 0 Å². The highest BCUT2D eigenvalue weighted by Gasteiger charge is 2.26. The first kappa shape index (κ1) is 14.6. The Bertz CT molecular complexity index is 552. The molecule has 1 aromatic carbocycles. The van der Waals surface area contributed by atoms with E-state index in [1.807, 2.05) is 0 Å². The highest BCUT2D eigenvalue weighted by molar-refractivity contribution is 7.90. The summed E-state index contributed by atoms with van der Waals surface area (Å²) in [5.74, 6) is 0.0547. The number of rotatable bonds is 5. The van der Waals surface area contributed by atoms with Gasteiger partial charge in [-0.3, -0.25) is 0 Å². The summed E-state index contributed by atoms with van der Waals surface area (Å²) in [5, 5.41) is 0. The Hall–Kier alpha value is -1.44. The van der Waals surface area contributed by atoms with Crippen LogP contribution in [-0.4, -0.2) is 28.3 Å². The molecule has 0 aromatic heterocycles. The lowest BCUT2D eigenvalue weighted by molar-refractivity contribution is 0.346. The van der Waals surface area contributed by atoms with Gasteiger partial charge in [-0.1, -0.05) is 6.07 Å². The quantitative estimate of drug-likeness (QED) is 0.777. The summed E-state index contributed by atoms with van der Waals surface area (Å²) in [5.41, 5.74) is -0.972. The third-order valence-electron chi connectivity index (χ3n) is 2.12. The van der Waals surface area contributed by atoms with Crippen LogP contribution >= 0.6 is 0 Å². The summed E-state index contributed by atoms with van der Waals surface area (Å²) in [6.07, 6.45) is 1.00. The molecule has 0 spiro atoms. The zero-order valence-corrected chi connectivity index (χ0v) is 10.4. The average Bonchev–Trinajstić information content (AvgIpc) is 2.23. The van der Waals surface area contributed by atoms with Gasteiger partial charge in [0.25, 0.3) is 0 Å². The molecule has 0 fully saturated rings. The molecule has 1 rings (SSSR count). The van der Waals surface area contributed by atoms with Crippen LogP contribution in [0.1, 0.15) is 0 Å². The van der Waals surface area contributed by atoms with Crippen LogP contribution in [0.2, 0.25) is 0 Å². The molecule has 8 heteroatoms. The van der Waals surface area contributed by atoms with Crippen molar-refractivity contribution in [1.29, 1.82) is 0 Å². The highest BCUT2D eigenvalue weighted by atomic mass is 32.2. The van der Waals surface area contributed by atoms with Crippen molar-refractivity contribution in [2.45, 2.75) is 4.90 Å².